The molecule has 8 heteroatoms. The minimum absolute atomic E-state index is 0.0824. The number of carbonyl (C=O) groups is 3. The van der Waals surface area contributed by atoms with Crippen molar-refractivity contribution < 1.29 is 28.2 Å². The molecule has 1 fully saturated rings. The average molecular weight is 370 g/mol. The van der Waals surface area contributed by atoms with Gasteiger partial charge in [0, 0.05) is 0 Å². The van der Waals surface area contributed by atoms with Gasteiger partial charge in [0.2, 0.25) is 6.79 Å². The van der Waals surface area contributed by atoms with Crippen LogP contribution in [0.5, 0.6) is 11.5 Å². The molecule has 27 heavy (non-hydrogen) atoms. The molecule has 1 atom stereocenters. The van der Waals surface area contributed by atoms with Gasteiger partial charge in [-0.1, -0.05) is 18.2 Å². The number of nitrogens with zero attached hydrogens (tertiary/aromatic N) is 1. The molecule has 1 saturated heterocycles. The molecule has 4 rings (SSSR count). The van der Waals surface area contributed by atoms with Gasteiger partial charge in [-0.05, 0) is 36.8 Å². The number of halogens is 1. The predicted molar refractivity (Wildman–Crippen MR) is 90.9 cm³/mol. The number of benzene rings is 2. The topological polar surface area (TPSA) is 84.9 Å². The van der Waals surface area contributed by atoms with Crippen LogP contribution in [0.2, 0.25) is 0 Å². The first kappa shape index (κ1) is 17.0. The summed E-state index contributed by atoms with van der Waals surface area (Å²) in [7, 11) is 0. The Labute approximate surface area is 153 Å². The largest absolute Gasteiger partial charge is 0.454 e. The summed E-state index contributed by atoms with van der Waals surface area (Å²) in [6.45, 7) is 1.07. The number of imide groups is 1. The smallest absolute Gasteiger partial charge is 0.325 e. The number of ether oxygens (including phenoxy) is 2. The minimum Gasteiger partial charge on any atom is -0.454 e. The second-order valence-corrected chi connectivity index (χ2v) is 6.42. The summed E-state index contributed by atoms with van der Waals surface area (Å²) in [5, 5.41) is 2.60. The molecule has 7 nitrogen and oxygen atoms in total. The number of hydrogen-bond acceptors (Lipinski definition) is 5. The van der Waals surface area contributed by atoms with Crippen LogP contribution >= 0.6 is 0 Å². The Balaban J connectivity index is 1.60. The molecular formula is C19H15FN2O5. The molecule has 1 N–H and O–H groups in total. The van der Waals surface area contributed by atoms with Crippen molar-refractivity contribution in [3.8, 4) is 11.5 Å². The molecular weight excluding hydrogens is 355 g/mol. The zero-order valence-electron chi connectivity index (χ0n) is 14.3. The summed E-state index contributed by atoms with van der Waals surface area (Å²) in [6.07, 6.45) is 0. The van der Waals surface area contributed by atoms with Crippen LogP contribution in [0, 0.1) is 5.82 Å². The van der Waals surface area contributed by atoms with Gasteiger partial charge >= 0.3 is 6.03 Å². The molecule has 2 aliphatic heterocycles. The Morgan fingerprint density at radius 1 is 1.19 bits per heavy atom. The highest BCUT2D eigenvalue weighted by molar-refractivity contribution is 6.11. The summed E-state index contributed by atoms with van der Waals surface area (Å²) < 4.78 is 24.4. The number of urea groups is 1. The predicted octanol–water partition coefficient (Wildman–Crippen LogP) is 2.20. The van der Waals surface area contributed by atoms with E-state index in [2.05, 4.69) is 5.32 Å². The van der Waals surface area contributed by atoms with Gasteiger partial charge in [-0.25, -0.2) is 9.18 Å². The number of hydrogen-bond donors (Lipinski definition) is 1. The van der Waals surface area contributed by atoms with Crippen molar-refractivity contribution in [2.24, 2.45) is 0 Å². The van der Waals surface area contributed by atoms with Crippen LogP contribution in [0.15, 0.2) is 42.5 Å². The van der Waals surface area contributed by atoms with Gasteiger partial charge in [0.1, 0.15) is 11.4 Å². The first-order chi connectivity index (χ1) is 12.9. The van der Waals surface area contributed by atoms with E-state index < -0.39 is 35.6 Å². The molecule has 0 unspecified atom stereocenters. The standard InChI is InChI=1S/C19H15FN2O5/c1-19(11-6-7-15-16(8-11)27-10-26-15)17(24)22(18(25)21-19)9-14(23)12-4-2-3-5-13(12)20/h2-8H,9-10H2,1H3,(H,21,25)/t19-/m1/s1. The van der Waals surface area contributed by atoms with Crippen LogP contribution < -0.4 is 14.8 Å². The lowest BCUT2D eigenvalue weighted by molar-refractivity contribution is -0.130. The highest BCUT2D eigenvalue weighted by Crippen LogP contribution is 2.37. The van der Waals surface area contributed by atoms with E-state index in [-0.39, 0.29) is 12.4 Å². The Bertz CT molecular complexity index is 976. The number of ketones is 1. The van der Waals surface area contributed by atoms with E-state index in [1.165, 1.54) is 18.2 Å². The number of Topliss-reactive ketones (excluding diaryl/α,β-unsaturated/α-hetero) is 1. The molecule has 0 bridgehead atoms. The fourth-order valence-electron chi connectivity index (χ4n) is 3.16. The van der Waals surface area contributed by atoms with Gasteiger partial charge in [-0.15, -0.1) is 0 Å². The van der Waals surface area contributed by atoms with Crippen molar-refractivity contribution in [3.63, 3.8) is 0 Å². The minimum atomic E-state index is -1.37. The second kappa shape index (κ2) is 6.08. The number of rotatable bonds is 4. The van der Waals surface area contributed by atoms with Crippen molar-refractivity contribution in [2.75, 3.05) is 13.3 Å². The molecule has 0 aromatic heterocycles. The van der Waals surface area contributed by atoms with E-state index in [1.54, 1.807) is 25.1 Å². The van der Waals surface area contributed by atoms with E-state index in [4.69, 9.17) is 9.47 Å². The van der Waals surface area contributed by atoms with E-state index in [0.29, 0.717) is 17.1 Å². The molecule has 2 aliphatic rings. The van der Waals surface area contributed by atoms with Gasteiger partial charge in [-0.2, -0.15) is 0 Å². The van der Waals surface area contributed by atoms with Gasteiger partial charge in [0.05, 0.1) is 12.1 Å². The summed E-state index contributed by atoms with van der Waals surface area (Å²) in [5.74, 6) is -0.946. The number of amides is 3. The lowest BCUT2D eigenvalue weighted by Crippen LogP contribution is -2.41. The third kappa shape index (κ3) is 2.69. The Kier molecular flexibility index (Phi) is 3.83. The number of fused-ring (bicyclic) bond motifs is 1. The van der Waals surface area contributed by atoms with Crippen molar-refractivity contribution >= 4 is 17.7 Å². The Morgan fingerprint density at radius 3 is 2.70 bits per heavy atom. The lowest BCUT2D eigenvalue weighted by atomic mass is 9.91. The van der Waals surface area contributed by atoms with Gasteiger partial charge in [-0.3, -0.25) is 14.5 Å². The average Bonchev–Trinajstić information content (AvgIpc) is 3.20. The molecule has 0 radical (unpaired) electrons. The highest BCUT2D eigenvalue weighted by atomic mass is 19.1. The zero-order chi connectivity index (χ0) is 19.2. The third-order valence-corrected chi connectivity index (χ3v) is 4.70. The van der Waals surface area contributed by atoms with Crippen LogP contribution in [0.1, 0.15) is 22.8 Å². The van der Waals surface area contributed by atoms with Crippen LogP contribution in [-0.2, 0) is 10.3 Å². The summed E-state index contributed by atoms with van der Waals surface area (Å²) >= 11 is 0. The Hall–Kier alpha value is -3.42. The quantitative estimate of drug-likeness (QED) is 0.659. The van der Waals surface area contributed by atoms with Crippen molar-refractivity contribution in [3.05, 3.63) is 59.4 Å². The molecule has 138 valence electrons. The normalized spacial score (nSPS) is 20.7. The molecule has 0 aliphatic carbocycles. The Morgan fingerprint density at radius 2 is 1.93 bits per heavy atom. The first-order valence-corrected chi connectivity index (χ1v) is 8.22. The molecule has 0 spiro atoms. The van der Waals surface area contributed by atoms with Crippen molar-refractivity contribution in [1.29, 1.82) is 0 Å². The molecule has 2 aromatic carbocycles. The van der Waals surface area contributed by atoms with Crippen molar-refractivity contribution in [1.82, 2.24) is 10.2 Å². The van der Waals surface area contributed by atoms with E-state index in [0.717, 1.165) is 11.0 Å². The van der Waals surface area contributed by atoms with Crippen LogP contribution in [0.3, 0.4) is 0 Å². The highest BCUT2D eigenvalue weighted by Gasteiger charge is 2.50. The monoisotopic (exact) mass is 370 g/mol. The van der Waals surface area contributed by atoms with Gasteiger partial charge < -0.3 is 14.8 Å². The van der Waals surface area contributed by atoms with Crippen LogP contribution in [-0.4, -0.2) is 36.0 Å². The van der Waals surface area contributed by atoms with E-state index >= 15 is 0 Å². The molecule has 0 saturated carbocycles. The number of carbonyl (C=O) groups excluding carboxylic acids is 3. The lowest BCUT2D eigenvalue weighted by Gasteiger charge is -2.22. The van der Waals surface area contributed by atoms with Crippen LogP contribution in [0.25, 0.3) is 0 Å². The van der Waals surface area contributed by atoms with Crippen LogP contribution in [0.4, 0.5) is 9.18 Å². The maximum Gasteiger partial charge on any atom is 0.325 e. The summed E-state index contributed by atoms with van der Waals surface area (Å²) in [5.41, 5.74) is -1.05. The molecule has 3 amide bonds. The third-order valence-electron chi connectivity index (χ3n) is 4.70. The van der Waals surface area contributed by atoms with Crippen molar-refractivity contribution in [2.45, 2.75) is 12.5 Å². The van der Waals surface area contributed by atoms with E-state index in [9.17, 15) is 18.8 Å². The fourth-order valence-corrected chi connectivity index (χ4v) is 3.16. The summed E-state index contributed by atoms with van der Waals surface area (Å²) in [6, 6.07) is 9.62. The fraction of sp³-hybridized carbons (Fsp3) is 0.211. The SMILES string of the molecule is C[C@]1(c2ccc3c(c2)OCO3)NC(=O)N(CC(=O)c2ccccc2F)C1=O. The molecule has 2 heterocycles. The second-order valence-electron chi connectivity index (χ2n) is 6.42. The number of nitrogens with one attached hydrogen (secondary N) is 1. The maximum absolute atomic E-state index is 13.8. The first-order valence-electron chi connectivity index (χ1n) is 8.22. The molecule has 2 aromatic rings. The van der Waals surface area contributed by atoms with Gasteiger partial charge in [0.25, 0.3) is 5.91 Å². The van der Waals surface area contributed by atoms with E-state index in [1.807, 2.05) is 0 Å². The maximum atomic E-state index is 13.8. The van der Waals surface area contributed by atoms with Gasteiger partial charge in [0.15, 0.2) is 17.3 Å². The summed E-state index contributed by atoms with van der Waals surface area (Å²) in [4.78, 5) is 38.4. The zero-order valence-corrected chi connectivity index (χ0v) is 14.3.